The molecule has 1 fully saturated rings. The Bertz CT molecular complexity index is 361. The quantitative estimate of drug-likeness (QED) is 0.895. The van der Waals surface area contributed by atoms with Gasteiger partial charge in [-0.2, -0.15) is 0 Å². The van der Waals surface area contributed by atoms with Gasteiger partial charge in [-0.05, 0) is 50.4 Å². The number of rotatable bonds is 3. The minimum atomic E-state index is -0.0779. The van der Waals surface area contributed by atoms with Crippen molar-refractivity contribution in [3.63, 3.8) is 0 Å². The smallest absolute Gasteiger partial charge is 0.0541 e. The van der Waals surface area contributed by atoms with Crippen LogP contribution in [0.25, 0.3) is 0 Å². The highest BCUT2D eigenvalue weighted by molar-refractivity contribution is 6.30. The van der Waals surface area contributed by atoms with Crippen LogP contribution in [-0.4, -0.2) is 29.2 Å². The lowest BCUT2D eigenvalue weighted by Crippen LogP contribution is -2.35. The molecule has 0 amide bonds. The molecule has 0 aromatic heterocycles. The van der Waals surface area contributed by atoms with Gasteiger partial charge in [0.05, 0.1) is 6.10 Å². The fourth-order valence-corrected chi connectivity index (χ4v) is 2.76. The average Bonchev–Trinajstić information content (AvgIpc) is 2.29. The van der Waals surface area contributed by atoms with Gasteiger partial charge in [-0.25, -0.2) is 0 Å². The molecule has 1 aliphatic carbocycles. The number of aliphatic hydroxyl groups is 1. The number of aliphatic hydroxyl groups excluding tert-OH is 1. The van der Waals surface area contributed by atoms with E-state index in [1.165, 1.54) is 5.56 Å². The third-order valence-electron chi connectivity index (χ3n) is 3.61. The van der Waals surface area contributed by atoms with Crippen LogP contribution in [0.1, 0.15) is 31.2 Å². The minimum Gasteiger partial charge on any atom is -0.393 e. The summed E-state index contributed by atoms with van der Waals surface area (Å²) in [4.78, 5) is 2.37. The summed E-state index contributed by atoms with van der Waals surface area (Å²) in [7, 11) is 2.16. The Kier molecular flexibility index (Phi) is 4.43. The van der Waals surface area contributed by atoms with Gasteiger partial charge in [-0.15, -0.1) is 0 Å². The molecule has 1 saturated carbocycles. The summed E-state index contributed by atoms with van der Waals surface area (Å²) in [5.74, 6) is 0. The van der Waals surface area contributed by atoms with Crippen molar-refractivity contribution in [1.29, 1.82) is 0 Å². The standard InChI is InChI=1S/C14H20ClNO/c1-16(13-5-7-14(17)8-6-13)10-11-3-2-4-12(15)9-11/h2-4,9,13-14,17H,5-8,10H2,1H3. The molecule has 1 aromatic rings. The van der Waals surface area contributed by atoms with Crippen molar-refractivity contribution in [1.82, 2.24) is 4.90 Å². The second-order valence-electron chi connectivity index (χ2n) is 5.01. The molecule has 0 bridgehead atoms. The fraction of sp³-hybridized carbons (Fsp3) is 0.571. The van der Waals surface area contributed by atoms with Gasteiger partial charge in [-0.3, -0.25) is 4.90 Å². The number of hydrogen-bond donors (Lipinski definition) is 1. The average molecular weight is 254 g/mol. The second kappa shape index (κ2) is 5.85. The lowest BCUT2D eigenvalue weighted by molar-refractivity contribution is 0.0818. The van der Waals surface area contributed by atoms with Crippen LogP contribution < -0.4 is 0 Å². The fourth-order valence-electron chi connectivity index (χ4n) is 2.55. The molecule has 0 radical (unpaired) electrons. The van der Waals surface area contributed by atoms with Crippen LogP contribution in [0.2, 0.25) is 5.02 Å². The van der Waals surface area contributed by atoms with E-state index in [4.69, 9.17) is 11.6 Å². The summed E-state index contributed by atoms with van der Waals surface area (Å²) in [6, 6.07) is 8.63. The first-order valence-electron chi connectivity index (χ1n) is 6.28. The molecule has 0 heterocycles. The van der Waals surface area contributed by atoms with Gasteiger partial charge in [0.2, 0.25) is 0 Å². The number of nitrogens with zero attached hydrogens (tertiary/aromatic N) is 1. The monoisotopic (exact) mass is 253 g/mol. The summed E-state index contributed by atoms with van der Waals surface area (Å²) in [5.41, 5.74) is 1.26. The van der Waals surface area contributed by atoms with Crippen molar-refractivity contribution < 1.29 is 5.11 Å². The maximum atomic E-state index is 9.50. The van der Waals surface area contributed by atoms with E-state index in [1.807, 2.05) is 18.2 Å². The van der Waals surface area contributed by atoms with E-state index in [-0.39, 0.29) is 6.10 Å². The van der Waals surface area contributed by atoms with Crippen LogP contribution in [0, 0.1) is 0 Å². The molecule has 3 heteroatoms. The third kappa shape index (κ3) is 3.70. The Hall–Kier alpha value is -0.570. The molecule has 94 valence electrons. The second-order valence-corrected chi connectivity index (χ2v) is 5.44. The van der Waals surface area contributed by atoms with Crippen LogP contribution in [0.5, 0.6) is 0 Å². The predicted molar refractivity (Wildman–Crippen MR) is 71.2 cm³/mol. The summed E-state index contributed by atoms with van der Waals surface area (Å²) in [6.45, 7) is 0.932. The van der Waals surface area contributed by atoms with E-state index in [1.54, 1.807) is 0 Å². The molecular formula is C14H20ClNO. The van der Waals surface area contributed by atoms with Crippen LogP contribution in [0.4, 0.5) is 0 Å². The molecule has 0 aliphatic heterocycles. The van der Waals surface area contributed by atoms with Crippen LogP contribution >= 0.6 is 11.6 Å². The largest absolute Gasteiger partial charge is 0.393 e. The molecule has 0 saturated heterocycles. The van der Waals surface area contributed by atoms with Gasteiger partial charge < -0.3 is 5.11 Å². The SMILES string of the molecule is CN(Cc1cccc(Cl)c1)C1CCC(O)CC1. The lowest BCUT2D eigenvalue weighted by Gasteiger charge is -2.33. The van der Waals surface area contributed by atoms with Crippen LogP contribution in [0.15, 0.2) is 24.3 Å². The van der Waals surface area contributed by atoms with Gasteiger partial charge in [0, 0.05) is 17.6 Å². The molecule has 0 unspecified atom stereocenters. The number of halogens is 1. The van der Waals surface area contributed by atoms with Gasteiger partial charge in [0.25, 0.3) is 0 Å². The van der Waals surface area contributed by atoms with Gasteiger partial charge in [0.1, 0.15) is 0 Å². The topological polar surface area (TPSA) is 23.5 Å². The molecule has 1 aromatic carbocycles. The third-order valence-corrected chi connectivity index (χ3v) is 3.85. The van der Waals surface area contributed by atoms with Crippen LogP contribution in [0.3, 0.4) is 0 Å². The lowest BCUT2D eigenvalue weighted by atomic mass is 9.92. The van der Waals surface area contributed by atoms with E-state index in [0.29, 0.717) is 6.04 Å². The van der Waals surface area contributed by atoms with Gasteiger partial charge >= 0.3 is 0 Å². The van der Waals surface area contributed by atoms with Crippen molar-refractivity contribution in [2.75, 3.05) is 7.05 Å². The Balaban J connectivity index is 1.90. The van der Waals surface area contributed by atoms with E-state index in [9.17, 15) is 5.11 Å². The zero-order chi connectivity index (χ0) is 12.3. The number of benzene rings is 1. The first kappa shape index (κ1) is 12.9. The Labute approximate surface area is 108 Å². The highest BCUT2D eigenvalue weighted by Crippen LogP contribution is 2.23. The van der Waals surface area contributed by atoms with Crippen molar-refractivity contribution in [2.45, 2.75) is 44.4 Å². The maximum absolute atomic E-state index is 9.50. The van der Waals surface area contributed by atoms with Crippen molar-refractivity contribution in [2.24, 2.45) is 0 Å². The molecule has 2 nitrogen and oxygen atoms in total. The molecule has 2 rings (SSSR count). The Morgan fingerprint density at radius 1 is 1.29 bits per heavy atom. The van der Waals surface area contributed by atoms with Crippen LogP contribution in [-0.2, 0) is 6.54 Å². The summed E-state index contributed by atoms with van der Waals surface area (Å²) in [6.07, 6.45) is 3.98. The van der Waals surface area contributed by atoms with E-state index < -0.39 is 0 Å². The molecule has 1 aliphatic rings. The number of hydrogen-bond acceptors (Lipinski definition) is 2. The first-order valence-corrected chi connectivity index (χ1v) is 6.65. The maximum Gasteiger partial charge on any atom is 0.0541 e. The summed E-state index contributed by atoms with van der Waals surface area (Å²) in [5, 5.41) is 10.3. The first-order chi connectivity index (χ1) is 8.15. The zero-order valence-electron chi connectivity index (χ0n) is 10.3. The molecule has 1 N–H and O–H groups in total. The molecule has 0 spiro atoms. The van der Waals surface area contributed by atoms with Crippen molar-refractivity contribution in [3.8, 4) is 0 Å². The van der Waals surface area contributed by atoms with E-state index in [0.717, 1.165) is 37.3 Å². The van der Waals surface area contributed by atoms with Crippen molar-refractivity contribution >= 4 is 11.6 Å². The minimum absolute atomic E-state index is 0.0779. The Morgan fingerprint density at radius 2 is 2.00 bits per heavy atom. The summed E-state index contributed by atoms with van der Waals surface area (Å²) < 4.78 is 0. The highest BCUT2D eigenvalue weighted by Gasteiger charge is 2.22. The molecule has 0 atom stereocenters. The summed E-state index contributed by atoms with van der Waals surface area (Å²) >= 11 is 5.98. The normalized spacial score (nSPS) is 25.2. The van der Waals surface area contributed by atoms with Crippen molar-refractivity contribution in [3.05, 3.63) is 34.9 Å². The zero-order valence-corrected chi connectivity index (χ0v) is 11.0. The predicted octanol–water partition coefficient (Wildman–Crippen LogP) is 3.08. The Morgan fingerprint density at radius 3 is 2.65 bits per heavy atom. The molecule has 17 heavy (non-hydrogen) atoms. The molecular weight excluding hydrogens is 234 g/mol. The van der Waals surface area contributed by atoms with E-state index in [2.05, 4.69) is 18.0 Å². The van der Waals surface area contributed by atoms with Gasteiger partial charge in [-0.1, -0.05) is 23.7 Å². The van der Waals surface area contributed by atoms with E-state index >= 15 is 0 Å². The van der Waals surface area contributed by atoms with Gasteiger partial charge in [0.15, 0.2) is 0 Å². The highest BCUT2D eigenvalue weighted by atomic mass is 35.5.